The van der Waals surface area contributed by atoms with E-state index in [1.54, 1.807) is 26.2 Å². The van der Waals surface area contributed by atoms with Crippen molar-refractivity contribution in [2.45, 2.75) is 13.5 Å². The van der Waals surface area contributed by atoms with Gasteiger partial charge in [-0.1, -0.05) is 0 Å². The molecule has 0 aromatic heterocycles. The van der Waals surface area contributed by atoms with Crippen LogP contribution in [0.15, 0.2) is 12.1 Å². The lowest BCUT2D eigenvalue weighted by Gasteiger charge is -2.34. The Balaban J connectivity index is 2.03. The Morgan fingerprint density at radius 2 is 1.54 bits per heavy atom. The molecule has 1 aromatic carbocycles. The van der Waals surface area contributed by atoms with Crippen molar-refractivity contribution in [2.24, 2.45) is 0 Å². The molecule has 1 saturated heterocycles. The van der Waals surface area contributed by atoms with Gasteiger partial charge in [-0.2, -0.15) is 0 Å². The Kier molecular flexibility index (Phi) is 6.54. The molecule has 0 bridgehead atoms. The zero-order chi connectivity index (χ0) is 17.5. The van der Waals surface area contributed by atoms with Crippen molar-refractivity contribution in [1.82, 2.24) is 9.80 Å². The van der Waals surface area contributed by atoms with Crippen LogP contribution in [0, 0.1) is 0 Å². The standard InChI is InChI=1S/C17H26N2O5/c1-5-24-17(20)19-8-6-18(7-9-19)12-13-10-15(22-3)16(23-4)11-14(13)21-2/h10-11H,5-9,12H2,1-4H3. The second-order valence-electron chi connectivity index (χ2n) is 5.48. The molecule has 1 aliphatic heterocycles. The highest BCUT2D eigenvalue weighted by atomic mass is 16.6. The van der Waals surface area contributed by atoms with Crippen LogP contribution < -0.4 is 14.2 Å². The molecule has 134 valence electrons. The number of ether oxygens (including phenoxy) is 4. The fraction of sp³-hybridized carbons (Fsp3) is 0.588. The second kappa shape index (κ2) is 8.63. The Labute approximate surface area is 143 Å². The van der Waals surface area contributed by atoms with E-state index in [2.05, 4.69) is 4.90 Å². The molecular weight excluding hydrogens is 312 g/mol. The summed E-state index contributed by atoms with van der Waals surface area (Å²) in [7, 11) is 4.86. The van der Waals surface area contributed by atoms with Gasteiger partial charge in [-0.05, 0) is 13.0 Å². The first-order chi connectivity index (χ1) is 11.6. The summed E-state index contributed by atoms with van der Waals surface area (Å²) in [6, 6.07) is 3.78. The summed E-state index contributed by atoms with van der Waals surface area (Å²) in [5.74, 6) is 2.09. The Hall–Kier alpha value is -2.15. The van der Waals surface area contributed by atoms with Crippen molar-refractivity contribution in [1.29, 1.82) is 0 Å². The Morgan fingerprint density at radius 3 is 2.08 bits per heavy atom. The smallest absolute Gasteiger partial charge is 0.409 e. The number of hydrogen-bond donors (Lipinski definition) is 0. The van der Waals surface area contributed by atoms with Crippen LogP contribution in [0.25, 0.3) is 0 Å². The third-order valence-corrected chi connectivity index (χ3v) is 4.08. The summed E-state index contributed by atoms with van der Waals surface area (Å²) in [5, 5.41) is 0. The minimum atomic E-state index is -0.235. The molecule has 0 saturated carbocycles. The summed E-state index contributed by atoms with van der Waals surface area (Å²) >= 11 is 0. The first-order valence-corrected chi connectivity index (χ1v) is 8.05. The monoisotopic (exact) mass is 338 g/mol. The number of hydrogen-bond acceptors (Lipinski definition) is 6. The van der Waals surface area contributed by atoms with Crippen molar-refractivity contribution in [2.75, 3.05) is 54.1 Å². The van der Waals surface area contributed by atoms with Gasteiger partial charge in [-0.15, -0.1) is 0 Å². The number of benzene rings is 1. The average molecular weight is 338 g/mol. The minimum absolute atomic E-state index is 0.235. The van der Waals surface area contributed by atoms with Crippen molar-refractivity contribution in [3.05, 3.63) is 17.7 Å². The third kappa shape index (κ3) is 4.23. The van der Waals surface area contributed by atoms with Gasteiger partial charge in [-0.25, -0.2) is 4.79 Å². The number of rotatable bonds is 6. The number of methoxy groups -OCH3 is 3. The summed E-state index contributed by atoms with van der Waals surface area (Å²) in [6.45, 7) is 5.84. The van der Waals surface area contributed by atoms with E-state index in [1.165, 1.54) is 0 Å². The van der Waals surface area contributed by atoms with E-state index in [1.807, 2.05) is 19.1 Å². The van der Waals surface area contributed by atoms with Crippen LogP contribution >= 0.6 is 0 Å². The Morgan fingerprint density at radius 1 is 0.958 bits per heavy atom. The molecule has 1 heterocycles. The van der Waals surface area contributed by atoms with Crippen molar-refractivity contribution in [3.8, 4) is 17.2 Å². The number of carbonyl (C=O) groups is 1. The fourth-order valence-electron chi connectivity index (χ4n) is 2.76. The number of amides is 1. The van der Waals surface area contributed by atoms with Crippen LogP contribution in [0.2, 0.25) is 0 Å². The van der Waals surface area contributed by atoms with Crippen LogP contribution in [0.5, 0.6) is 17.2 Å². The fourth-order valence-corrected chi connectivity index (χ4v) is 2.76. The van der Waals surface area contributed by atoms with E-state index in [4.69, 9.17) is 18.9 Å². The van der Waals surface area contributed by atoms with Crippen molar-refractivity contribution >= 4 is 6.09 Å². The highest BCUT2D eigenvalue weighted by Gasteiger charge is 2.23. The zero-order valence-electron chi connectivity index (χ0n) is 14.8. The molecule has 1 fully saturated rings. The molecule has 0 aliphatic carbocycles. The van der Waals surface area contributed by atoms with Gasteiger partial charge < -0.3 is 23.8 Å². The van der Waals surface area contributed by atoms with E-state index in [9.17, 15) is 4.79 Å². The molecule has 0 unspecified atom stereocenters. The molecule has 0 atom stereocenters. The maximum atomic E-state index is 11.8. The van der Waals surface area contributed by atoms with Gasteiger partial charge in [0.15, 0.2) is 11.5 Å². The normalized spacial score (nSPS) is 15.1. The van der Waals surface area contributed by atoms with Crippen molar-refractivity contribution < 1.29 is 23.7 Å². The molecule has 24 heavy (non-hydrogen) atoms. The number of piperazine rings is 1. The van der Waals surface area contributed by atoms with Gasteiger partial charge in [0.2, 0.25) is 0 Å². The zero-order valence-corrected chi connectivity index (χ0v) is 14.8. The first kappa shape index (κ1) is 18.2. The molecule has 7 nitrogen and oxygen atoms in total. The second-order valence-corrected chi connectivity index (χ2v) is 5.48. The summed E-state index contributed by atoms with van der Waals surface area (Å²) < 4.78 is 21.2. The minimum Gasteiger partial charge on any atom is -0.496 e. The van der Waals surface area contributed by atoms with Gasteiger partial charge in [-0.3, -0.25) is 4.90 Å². The lowest BCUT2D eigenvalue weighted by Crippen LogP contribution is -2.48. The van der Waals surface area contributed by atoms with E-state index >= 15 is 0 Å². The van der Waals surface area contributed by atoms with Crippen LogP contribution in [0.4, 0.5) is 4.79 Å². The molecule has 1 aromatic rings. The predicted octanol–water partition coefficient (Wildman–Crippen LogP) is 1.99. The topological polar surface area (TPSA) is 60.5 Å². The summed E-state index contributed by atoms with van der Waals surface area (Å²) in [4.78, 5) is 15.8. The van der Waals surface area contributed by atoms with Gasteiger partial charge in [0.05, 0.1) is 27.9 Å². The van der Waals surface area contributed by atoms with Gasteiger partial charge in [0.1, 0.15) is 5.75 Å². The first-order valence-electron chi connectivity index (χ1n) is 8.05. The molecule has 0 radical (unpaired) electrons. The van der Waals surface area contributed by atoms with E-state index in [0.717, 1.165) is 30.9 Å². The summed E-state index contributed by atoms with van der Waals surface area (Å²) in [5.41, 5.74) is 1.03. The number of nitrogens with zero attached hydrogens (tertiary/aromatic N) is 2. The van der Waals surface area contributed by atoms with Crippen LogP contribution in [-0.2, 0) is 11.3 Å². The highest BCUT2D eigenvalue weighted by Crippen LogP contribution is 2.35. The van der Waals surface area contributed by atoms with Gasteiger partial charge in [0.25, 0.3) is 0 Å². The molecule has 1 aliphatic rings. The van der Waals surface area contributed by atoms with E-state index in [-0.39, 0.29) is 6.09 Å². The molecular formula is C17H26N2O5. The molecule has 1 amide bonds. The molecule has 0 spiro atoms. The van der Waals surface area contributed by atoms with E-state index in [0.29, 0.717) is 31.2 Å². The quantitative estimate of drug-likeness (QED) is 0.790. The molecule has 7 heteroatoms. The SMILES string of the molecule is CCOC(=O)N1CCN(Cc2cc(OC)c(OC)cc2OC)CC1. The van der Waals surface area contributed by atoms with Gasteiger partial charge >= 0.3 is 6.09 Å². The van der Waals surface area contributed by atoms with Crippen LogP contribution in [-0.4, -0.2) is 70.0 Å². The van der Waals surface area contributed by atoms with E-state index < -0.39 is 0 Å². The van der Waals surface area contributed by atoms with Gasteiger partial charge in [0, 0.05) is 44.4 Å². The third-order valence-electron chi connectivity index (χ3n) is 4.08. The van der Waals surface area contributed by atoms with Crippen molar-refractivity contribution in [3.63, 3.8) is 0 Å². The maximum Gasteiger partial charge on any atom is 0.409 e. The van der Waals surface area contributed by atoms with Crippen LogP contribution in [0.1, 0.15) is 12.5 Å². The summed E-state index contributed by atoms with van der Waals surface area (Å²) in [6.07, 6.45) is -0.235. The Bertz CT molecular complexity index is 556. The molecule has 0 N–H and O–H groups in total. The maximum absolute atomic E-state index is 11.8. The molecule has 2 rings (SSSR count). The lowest BCUT2D eigenvalue weighted by molar-refractivity contribution is 0.0776. The average Bonchev–Trinajstić information content (AvgIpc) is 2.62. The lowest BCUT2D eigenvalue weighted by atomic mass is 10.1. The number of carbonyl (C=O) groups excluding carboxylic acids is 1. The predicted molar refractivity (Wildman–Crippen MR) is 90.0 cm³/mol. The van der Waals surface area contributed by atoms with Crippen LogP contribution in [0.3, 0.4) is 0 Å². The highest BCUT2D eigenvalue weighted by molar-refractivity contribution is 5.67. The largest absolute Gasteiger partial charge is 0.496 e.